The normalized spacial score (nSPS) is 12.4. The maximum atomic E-state index is 13.0. The number of amides is 2. The van der Waals surface area contributed by atoms with E-state index < -0.39 is 11.8 Å². The van der Waals surface area contributed by atoms with Crippen LogP contribution in [0.2, 0.25) is 0 Å². The van der Waals surface area contributed by atoms with E-state index >= 15 is 0 Å². The highest BCUT2D eigenvalue weighted by Gasteiger charge is 2.17. The number of hydrogen-bond donors (Lipinski definition) is 3. The van der Waals surface area contributed by atoms with Gasteiger partial charge >= 0.3 is 0 Å². The number of phenolic OH excluding ortho intramolecular Hbond substituents is 1. The van der Waals surface area contributed by atoms with Crippen LogP contribution in [-0.4, -0.2) is 43.0 Å². The molecule has 0 spiro atoms. The zero-order valence-electron chi connectivity index (χ0n) is 20.6. The summed E-state index contributed by atoms with van der Waals surface area (Å²) in [5, 5.41) is 17.0. The monoisotopic (exact) mass is 500 g/mol. The Morgan fingerprint density at radius 3 is 2.49 bits per heavy atom. The number of phenols is 1. The van der Waals surface area contributed by atoms with E-state index in [0.29, 0.717) is 28.2 Å². The molecule has 3 N–H and O–H groups in total. The highest BCUT2D eigenvalue weighted by molar-refractivity contribution is 6.05. The summed E-state index contributed by atoms with van der Waals surface area (Å²) in [6.07, 6.45) is 2.86. The van der Waals surface area contributed by atoms with Crippen LogP contribution in [0.3, 0.4) is 0 Å². The molecule has 0 bridgehead atoms. The molecule has 9 nitrogen and oxygen atoms in total. The van der Waals surface area contributed by atoms with Crippen LogP contribution in [0.5, 0.6) is 17.2 Å². The van der Waals surface area contributed by atoms with Crippen LogP contribution in [0, 0.1) is 0 Å². The van der Waals surface area contributed by atoms with E-state index in [0.717, 1.165) is 18.8 Å². The Morgan fingerprint density at radius 2 is 1.76 bits per heavy atom. The van der Waals surface area contributed by atoms with Gasteiger partial charge in [0.15, 0.2) is 11.5 Å². The number of hydrazone groups is 1. The molecule has 0 unspecified atom stereocenters. The lowest BCUT2D eigenvalue weighted by atomic mass is 10.1. The first-order chi connectivity index (χ1) is 18.0. The van der Waals surface area contributed by atoms with Crippen LogP contribution in [0.15, 0.2) is 77.5 Å². The fourth-order valence-electron chi connectivity index (χ4n) is 3.76. The lowest BCUT2D eigenvalue weighted by Crippen LogP contribution is -2.32. The number of hydrogen-bond acceptors (Lipinski definition) is 7. The molecule has 0 aliphatic carbocycles. The predicted molar refractivity (Wildman–Crippen MR) is 142 cm³/mol. The molecule has 3 aromatic carbocycles. The Kier molecular flexibility index (Phi) is 8.05. The Hall–Kier alpha value is -4.79. The van der Waals surface area contributed by atoms with Crippen molar-refractivity contribution in [2.45, 2.75) is 13.8 Å². The van der Waals surface area contributed by atoms with Gasteiger partial charge in [-0.3, -0.25) is 9.59 Å². The van der Waals surface area contributed by atoms with Crippen molar-refractivity contribution >= 4 is 29.8 Å². The van der Waals surface area contributed by atoms with Crippen molar-refractivity contribution in [1.82, 2.24) is 10.7 Å². The molecular formula is C28H28N4O5. The van der Waals surface area contributed by atoms with Crippen LogP contribution in [-0.2, 0) is 4.79 Å². The molecule has 0 fully saturated rings. The molecule has 0 atom stereocenters. The number of rotatable bonds is 9. The average Bonchev–Trinajstić information content (AvgIpc) is 3.38. The number of carbonyl (C=O) groups excluding carboxylic acids is 2. The van der Waals surface area contributed by atoms with Crippen molar-refractivity contribution in [2.75, 3.05) is 24.8 Å². The fourth-order valence-corrected chi connectivity index (χ4v) is 3.76. The van der Waals surface area contributed by atoms with Gasteiger partial charge in [0.25, 0.3) is 11.8 Å². The standard InChI is InChI=1S/C28H28N4O5/c1-3-32(4-2)22-12-11-21(24(33)16-22)17-29-31-28(35)23(30-27(34)20-8-6-5-7-9-20)14-19-10-13-25-26(15-19)37-18-36-25/h5-17,33H,3-4,18H2,1-2H3,(H,30,34)(H,31,35)/b23-14+,29-17-. The molecule has 0 aromatic heterocycles. The molecule has 3 aromatic rings. The topological polar surface area (TPSA) is 112 Å². The van der Waals surface area contributed by atoms with Crippen molar-refractivity contribution in [2.24, 2.45) is 5.10 Å². The number of anilines is 1. The van der Waals surface area contributed by atoms with Crippen LogP contribution in [0.4, 0.5) is 5.69 Å². The first-order valence-electron chi connectivity index (χ1n) is 11.9. The molecular weight excluding hydrogens is 472 g/mol. The third-order valence-corrected chi connectivity index (χ3v) is 5.75. The highest BCUT2D eigenvalue weighted by Crippen LogP contribution is 2.33. The molecule has 2 amide bonds. The maximum absolute atomic E-state index is 13.0. The molecule has 0 saturated carbocycles. The number of carbonyl (C=O) groups is 2. The number of benzene rings is 3. The van der Waals surface area contributed by atoms with Crippen LogP contribution < -0.4 is 25.1 Å². The van der Waals surface area contributed by atoms with Crippen molar-refractivity contribution in [3.8, 4) is 17.2 Å². The molecule has 0 saturated heterocycles. The van der Waals surface area contributed by atoms with E-state index in [-0.39, 0.29) is 18.2 Å². The van der Waals surface area contributed by atoms with Gasteiger partial charge in [0.2, 0.25) is 6.79 Å². The Labute approximate surface area is 215 Å². The molecule has 1 heterocycles. The molecule has 0 radical (unpaired) electrons. The first-order valence-corrected chi connectivity index (χ1v) is 11.9. The summed E-state index contributed by atoms with van der Waals surface area (Å²) in [7, 11) is 0. The summed E-state index contributed by atoms with van der Waals surface area (Å²) in [6.45, 7) is 5.82. The minimum atomic E-state index is -0.641. The van der Waals surface area contributed by atoms with Gasteiger partial charge in [-0.05, 0) is 61.9 Å². The Balaban J connectivity index is 1.53. The Bertz CT molecular complexity index is 1330. The summed E-state index contributed by atoms with van der Waals surface area (Å²) >= 11 is 0. The number of fused-ring (bicyclic) bond motifs is 1. The number of ether oxygens (including phenoxy) is 2. The summed E-state index contributed by atoms with van der Waals surface area (Å²) in [5.74, 6) is 0.0992. The third kappa shape index (κ3) is 6.26. The second-order valence-electron chi connectivity index (χ2n) is 8.11. The fraction of sp³-hybridized carbons (Fsp3) is 0.179. The predicted octanol–water partition coefficient (Wildman–Crippen LogP) is 3.89. The summed E-state index contributed by atoms with van der Waals surface area (Å²) in [4.78, 5) is 27.9. The lowest BCUT2D eigenvalue weighted by Gasteiger charge is -2.21. The minimum Gasteiger partial charge on any atom is -0.507 e. The smallest absolute Gasteiger partial charge is 0.287 e. The van der Waals surface area contributed by atoms with Gasteiger partial charge < -0.3 is 24.8 Å². The molecule has 4 rings (SSSR count). The highest BCUT2D eigenvalue weighted by atomic mass is 16.7. The van der Waals surface area contributed by atoms with Gasteiger partial charge in [-0.1, -0.05) is 24.3 Å². The Morgan fingerprint density at radius 1 is 1.00 bits per heavy atom. The van der Waals surface area contributed by atoms with Crippen LogP contribution >= 0.6 is 0 Å². The van der Waals surface area contributed by atoms with E-state index in [2.05, 4.69) is 20.7 Å². The first kappa shape index (κ1) is 25.3. The summed E-state index contributed by atoms with van der Waals surface area (Å²) < 4.78 is 10.7. The molecule has 37 heavy (non-hydrogen) atoms. The van der Waals surface area contributed by atoms with Crippen molar-refractivity contribution in [3.63, 3.8) is 0 Å². The zero-order chi connectivity index (χ0) is 26.2. The van der Waals surface area contributed by atoms with Crippen molar-refractivity contribution < 1.29 is 24.2 Å². The average molecular weight is 501 g/mol. The van der Waals surface area contributed by atoms with Crippen LogP contribution in [0.25, 0.3) is 6.08 Å². The van der Waals surface area contributed by atoms with E-state index in [1.807, 2.05) is 19.9 Å². The van der Waals surface area contributed by atoms with E-state index in [1.54, 1.807) is 60.7 Å². The number of nitrogens with one attached hydrogen (secondary N) is 2. The van der Waals surface area contributed by atoms with Crippen molar-refractivity contribution in [3.05, 3.63) is 89.1 Å². The van der Waals surface area contributed by atoms with Crippen LogP contribution in [0.1, 0.15) is 35.3 Å². The molecule has 190 valence electrons. The lowest BCUT2D eigenvalue weighted by molar-refractivity contribution is -0.117. The largest absolute Gasteiger partial charge is 0.507 e. The number of nitrogens with zero attached hydrogens (tertiary/aromatic N) is 2. The van der Waals surface area contributed by atoms with Crippen molar-refractivity contribution in [1.29, 1.82) is 0 Å². The van der Waals surface area contributed by atoms with Gasteiger partial charge in [0, 0.05) is 36.0 Å². The van der Waals surface area contributed by atoms with Gasteiger partial charge in [-0.2, -0.15) is 5.10 Å². The number of aromatic hydroxyl groups is 1. The van der Waals surface area contributed by atoms with Gasteiger partial charge in [-0.15, -0.1) is 0 Å². The summed E-state index contributed by atoms with van der Waals surface area (Å²) in [5.41, 5.74) is 4.74. The third-order valence-electron chi connectivity index (χ3n) is 5.75. The van der Waals surface area contributed by atoms with E-state index in [9.17, 15) is 14.7 Å². The van der Waals surface area contributed by atoms with Gasteiger partial charge in [0.1, 0.15) is 11.4 Å². The quantitative estimate of drug-likeness (QED) is 0.234. The molecule has 1 aliphatic rings. The zero-order valence-corrected chi connectivity index (χ0v) is 20.6. The minimum absolute atomic E-state index is 0.0222. The SMILES string of the molecule is CCN(CC)c1ccc(/C=N\NC(=O)/C(=C\c2ccc3c(c2)OCO3)NC(=O)c2ccccc2)c(O)c1. The maximum Gasteiger partial charge on any atom is 0.287 e. The van der Waals surface area contributed by atoms with Gasteiger partial charge in [-0.25, -0.2) is 5.43 Å². The summed E-state index contributed by atoms with van der Waals surface area (Å²) in [6, 6.07) is 19.0. The second-order valence-corrected chi connectivity index (χ2v) is 8.11. The van der Waals surface area contributed by atoms with E-state index in [4.69, 9.17) is 9.47 Å². The van der Waals surface area contributed by atoms with E-state index in [1.165, 1.54) is 12.3 Å². The molecule has 9 heteroatoms. The van der Waals surface area contributed by atoms with Gasteiger partial charge in [0.05, 0.1) is 6.21 Å². The second kappa shape index (κ2) is 11.8. The molecule has 1 aliphatic heterocycles.